The molecule has 54 heavy (non-hydrogen) atoms. The second kappa shape index (κ2) is 18.1. The highest BCUT2D eigenvalue weighted by Crippen LogP contribution is 2.54. The van der Waals surface area contributed by atoms with Gasteiger partial charge in [-0.2, -0.15) is 0 Å². The summed E-state index contributed by atoms with van der Waals surface area (Å²) in [6.45, 7) is 12.6. The highest BCUT2D eigenvalue weighted by Gasteiger charge is 2.50. The summed E-state index contributed by atoms with van der Waals surface area (Å²) < 4.78 is 0. The number of carbonyl (C=O) groups is 1. The van der Waals surface area contributed by atoms with Crippen molar-refractivity contribution in [2.24, 2.45) is 16.8 Å². The van der Waals surface area contributed by atoms with Crippen molar-refractivity contribution in [3.8, 4) is 0 Å². The topological polar surface area (TPSA) is 56.7 Å². The van der Waals surface area contributed by atoms with Gasteiger partial charge in [0.1, 0.15) is 11.3 Å². The average molecular weight is 906 g/mol. The minimum absolute atomic E-state index is 0.0310. The standard InChI is InChI=1S/C21H20Cl2N2S.C16H14Cl2N2S.C5H9BrO/c1-13(2)18-12-26-20-24-21(3,15-6-10-17(23)11-7-15)19(25(18)20)14-4-8-16(22)9-5-14;1-16(11-4-8-13(18)9-5-11)14(19-15(21)20-16)10-2-6-12(17)7-3-10;1-4(2)5(7)3-6/h4-13,19H,1-3H3;2-9,14H,1H3,(H2,19,20,21);4H,3H2,1-2H3/t19-,21+;14-,16+;/m11./s1. The monoisotopic (exact) mass is 902 g/mol. The van der Waals surface area contributed by atoms with E-state index in [9.17, 15) is 4.79 Å². The zero-order valence-electron chi connectivity index (χ0n) is 30.8. The average Bonchev–Trinajstić information content (AvgIpc) is 3.79. The van der Waals surface area contributed by atoms with Gasteiger partial charge in [0.2, 0.25) is 0 Å². The molecule has 12 heteroatoms. The number of thiocarbonyl (C=S) groups is 1. The summed E-state index contributed by atoms with van der Waals surface area (Å²) in [6, 6.07) is 32.0. The summed E-state index contributed by atoms with van der Waals surface area (Å²) in [5.41, 5.74) is 5.20. The Balaban J connectivity index is 0.000000180. The van der Waals surface area contributed by atoms with Crippen molar-refractivity contribution in [2.75, 3.05) is 5.33 Å². The van der Waals surface area contributed by atoms with Gasteiger partial charge in [-0.3, -0.25) is 4.79 Å². The van der Waals surface area contributed by atoms with E-state index < -0.39 is 5.54 Å². The summed E-state index contributed by atoms with van der Waals surface area (Å²) >= 11 is 34.3. The number of rotatable bonds is 7. The zero-order chi connectivity index (χ0) is 39.4. The number of alkyl halides is 1. The largest absolute Gasteiger partial charge is 0.353 e. The van der Waals surface area contributed by atoms with E-state index in [1.807, 2.05) is 86.6 Å². The molecule has 0 saturated carbocycles. The number of nitrogens with zero attached hydrogens (tertiary/aromatic N) is 2. The minimum Gasteiger partial charge on any atom is -0.353 e. The molecule has 0 radical (unpaired) electrons. The van der Waals surface area contributed by atoms with Crippen LogP contribution >= 0.6 is 86.3 Å². The lowest BCUT2D eigenvalue weighted by atomic mass is 9.81. The van der Waals surface area contributed by atoms with Crippen LogP contribution in [0.4, 0.5) is 0 Å². The van der Waals surface area contributed by atoms with Crippen molar-refractivity contribution in [1.82, 2.24) is 15.5 Å². The minimum atomic E-state index is -0.394. The molecule has 1 fully saturated rings. The van der Waals surface area contributed by atoms with E-state index in [-0.39, 0.29) is 29.3 Å². The Bertz CT molecular complexity index is 2010. The molecule has 0 aromatic heterocycles. The van der Waals surface area contributed by atoms with Crippen LogP contribution < -0.4 is 10.6 Å². The first kappa shape index (κ1) is 42.6. The van der Waals surface area contributed by atoms with Gasteiger partial charge in [0.25, 0.3) is 0 Å². The van der Waals surface area contributed by atoms with Crippen molar-refractivity contribution in [1.29, 1.82) is 0 Å². The van der Waals surface area contributed by atoms with E-state index in [1.165, 1.54) is 11.3 Å². The van der Waals surface area contributed by atoms with Crippen LogP contribution in [0.15, 0.2) is 113 Å². The molecule has 3 heterocycles. The van der Waals surface area contributed by atoms with Crippen LogP contribution in [-0.2, 0) is 15.9 Å². The van der Waals surface area contributed by atoms with Gasteiger partial charge in [-0.1, -0.05) is 150 Å². The Morgan fingerprint density at radius 2 is 1.26 bits per heavy atom. The van der Waals surface area contributed by atoms with Crippen molar-refractivity contribution in [3.05, 3.63) is 151 Å². The number of amidine groups is 1. The van der Waals surface area contributed by atoms with Crippen LogP contribution in [0, 0.1) is 11.8 Å². The van der Waals surface area contributed by atoms with Gasteiger partial charge in [-0.15, -0.1) is 0 Å². The lowest BCUT2D eigenvalue weighted by Gasteiger charge is -2.37. The molecule has 0 amide bonds. The third-order valence-electron chi connectivity index (χ3n) is 9.74. The molecule has 0 unspecified atom stereocenters. The van der Waals surface area contributed by atoms with Crippen LogP contribution in [0.3, 0.4) is 0 Å². The number of carbonyl (C=O) groups excluding carboxylic acids is 1. The number of hydrogen-bond acceptors (Lipinski definition) is 5. The zero-order valence-corrected chi connectivity index (χ0v) is 37.1. The molecule has 284 valence electrons. The van der Waals surface area contributed by atoms with Crippen LogP contribution in [0.25, 0.3) is 0 Å². The molecule has 0 bridgehead atoms. The van der Waals surface area contributed by atoms with Gasteiger partial charge in [-0.05, 0) is 108 Å². The Labute approximate surface area is 357 Å². The van der Waals surface area contributed by atoms with Gasteiger partial charge in [0.15, 0.2) is 10.3 Å². The summed E-state index contributed by atoms with van der Waals surface area (Å²) in [5.74, 6) is 0.872. The van der Waals surface area contributed by atoms with E-state index in [4.69, 9.17) is 63.6 Å². The number of thioether (sulfide) groups is 1. The molecule has 7 rings (SSSR count). The molecule has 4 atom stereocenters. The van der Waals surface area contributed by atoms with Crippen molar-refractivity contribution >= 4 is 102 Å². The van der Waals surface area contributed by atoms with Gasteiger partial charge in [-0.25, -0.2) is 4.99 Å². The number of allylic oxidation sites excluding steroid dienone is 1. The molecule has 0 spiro atoms. The Kier molecular flexibility index (Phi) is 14.3. The Morgan fingerprint density at radius 3 is 1.70 bits per heavy atom. The normalized spacial score (nSPS) is 22.7. The van der Waals surface area contributed by atoms with Gasteiger partial charge >= 0.3 is 0 Å². The fraction of sp³-hybridized carbons (Fsp3) is 0.310. The summed E-state index contributed by atoms with van der Waals surface area (Å²) in [7, 11) is 0. The van der Waals surface area contributed by atoms with E-state index >= 15 is 0 Å². The number of hydrogen-bond donors (Lipinski definition) is 2. The number of ketones is 1. The van der Waals surface area contributed by atoms with Crippen molar-refractivity contribution in [3.63, 3.8) is 0 Å². The van der Waals surface area contributed by atoms with Crippen molar-refractivity contribution in [2.45, 2.75) is 64.7 Å². The van der Waals surface area contributed by atoms with Crippen LogP contribution in [-0.4, -0.2) is 26.3 Å². The number of aliphatic imine (C=N–C) groups is 1. The van der Waals surface area contributed by atoms with Gasteiger partial charge < -0.3 is 15.5 Å². The first-order valence-corrected chi connectivity index (χ1v) is 21.5. The van der Waals surface area contributed by atoms with Crippen LogP contribution in [0.1, 0.15) is 75.9 Å². The molecule has 4 aromatic rings. The van der Waals surface area contributed by atoms with Gasteiger partial charge in [0, 0.05) is 31.7 Å². The van der Waals surface area contributed by atoms with Crippen LogP contribution in [0.2, 0.25) is 20.1 Å². The van der Waals surface area contributed by atoms with E-state index in [0.29, 0.717) is 16.4 Å². The first-order valence-electron chi connectivity index (χ1n) is 17.5. The molecular weight excluding hydrogens is 862 g/mol. The highest BCUT2D eigenvalue weighted by molar-refractivity contribution is 9.09. The third-order valence-corrected chi connectivity index (χ3v) is 12.4. The maximum atomic E-state index is 10.5. The number of benzene rings is 4. The molecule has 5 nitrogen and oxygen atoms in total. The highest BCUT2D eigenvalue weighted by atomic mass is 79.9. The van der Waals surface area contributed by atoms with E-state index in [1.54, 1.807) is 11.8 Å². The van der Waals surface area contributed by atoms with Crippen molar-refractivity contribution < 1.29 is 4.79 Å². The smallest absolute Gasteiger partial charge is 0.169 e. The lowest BCUT2D eigenvalue weighted by molar-refractivity contribution is -0.119. The molecule has 3 aliphatic heterocycles. The summed E-state index contributed by atoms with van der Waals surface area (Å²) in [4.78, 5) is 18.0. The molecule has 1 saturated heterocycles. The quantitative estimate of drug-likeness (QED) is 0.142. The van der Waals surface area contributed by atoms with E-state index in [2.05, 4.69) is 88.8 Å². The maximum absolute atomic E-state index is 10.5. The number of nitrogens with one attached hydrogen (secondary N) is 2. The molecule has 4 aromatic carbocycles. The predicted molar refractivity (Wildman–Crippen MR) is 238 cm³/mol. The molecule has 0 aliphatic carbocycles. The molecular formula is C42H43BrCl4N4OS2. The summed E-state index contributed by atoms with van der Waals surface area (Å²) in [5, 5.41) is 14.1. The van der Waals surface area contributed by atoms with Gasteiger partial charge in [0.05, 0.1) is 23.0 Å². The predicted octanol–water partition coefficient (Wildman–Crippen LogP) is 12.9. The fourth-order valence-corrected chi connectivity index (χ4v) is 9.27. The lowest BCUT2D eigenvalue weighted by Crippen LogP contribution is -2.39. The Morgan fingerprint density at radius 1 is 0.796 bits per heavy atom. The third kappa shape index (κ3) is 9.51. The second-order valence-electron chi connectivity index (χ2n) is 14.2. The van der Waals surface area contributed by atoms with E-state index in [0.717, 1.165) is 41.9 Å². The molecule has 2 N–H and O–H groups in total. The number of Topliss-reactive ketones (excluding diaryl/α,β-unsaturated/α-hetero) is 1. The maximum Gasteiger partial charge on any atom is 0.169 e. The SMILES string of the molecule is CC(C)C(=O)CBr.CC(C)C1=CSC2=N[C@@](C)(c3ccc(Cl)cc3)[C@@H](c3ccc(Cl)cc3)N12.C[C@@]1(c2ccc(Cl)cc2)NC(=S)N[C@@H]1c1ccc(Cl)cc1. The first-order chi connectivity index (χ1) is 25.6. The number of fused-ring (bicyclic) bond motifs is 1. The van der Waals surface area contributed by atoms with Crippen LogP contribution in [0.5, 0.6) is 0 Å². The summed E-state index contributed by atoms with van der Waals surface area (Å²) in [6.07, 6.45) is 0. The fourth-order valence-electron chi connectivity index (χ4n) is 6.61. The second-order valence-corrected chi connectivity index (χ2v) is 17.8. The molecule has 3 aliphatic rings. The Hall–Kier alpha value is -2.56. The number of halogens is 5.